The number of hydrogen-bond donors (Lipinski definition) is 0. The maximum Gasteiger partial charge on any atom is 0.214 e. The molecule has 8 nitrogen and oxygen atoms in total. The molecule has 0 fully saturated rings. The van der Waals surface area contributed by atoms with Gasteiger partial charge in [-0.2, -0.15) is 10.5 Å². The molecule has 8 heteroatoms. The fourth-order valence-electron chi connectivity index (χ4n) is 7.68. The van der Waals surface area contributed by atoms with Crippen molar-refractivity contribution >= 4 is 33.7 Å². The van der Waals surface area contributed by atoms with Crippen LogP contribution >= 0.6 is 0 Å². The summed E-state index contributed by atoms with van der Waals surface area (Å²) in [6.45, 7) is 12.2. The Labute approximate surface area is 323 Å². The molecule has 0 unspecified atom stereocenters. The molecule has 0 atom stereocenters. The average Bonchev–Trinajstić information content (AvgIpc) is 3.78. The summed E-state index contributed by atoms with van der Waals surface area (Å²) < 4.78 is 14.2. The summed E-state index contributed by atoms with van der Waals surface area (Å²) >= 11 is 0. The molecule has 54 heavy (non-hydrogen) atoms. The smallest absolute Gasteiger partial charge is 0.214 e. The highest BCUT2D eigenvalue weighted by atomic mass is 16.4. The van der Waals surface area contributed by atoms with E-state index in [1.165, 1.54) is 25.7 Å². The molecule has 1 aromatic carbocycles. The molecule has 5 rings (SSSR count). The van der Waals surface area contributed by atoms with Crippen molar-refractivity contribution in [2.24, 2.45) is 0 Å². The van der Waals surface area contributed by atoms with Crippen LogP contribution in [0.25, 0.3) is 44.2 Å². The van der Waals surface area contributed by atoms with Gasteiger partial charge in [0.25, 0.3) is 0 Å². The monoisotopic (exact) mass is 728 g/mol. The molecule has 0 N–H and O–H groups in total. The number of nitrogens with zero attached hydrogens (tertiary/aromatic N) is 6. The third-order valence-electron chi connectivity index (χ3n) is 10.6. The van der Waals surface area contributed by atoms with E-state index in [0.717, 1.165) is 125 Å². The SMILES string of the molecule is CCCCCCN(CCCCCC)c1oc2c(-c3ccncc3)c3c(C#N)c(N(CCCCCC)CCCCCC)oc3c(-c3ccncc3)c2c1C#N. The Bertz CT molecular complexity index is 1800. The molecule has 0 spiro atoms. The van der Waals surface area contributed by atoms with Crippen molar-refractivity contribution in [3.63, 3.8) is 0 Å². The standard InChI is InChI=1S/C46H60N6O2/c1-5-9-13-17-29-51(30-18-14-10-6-2)45-37(33-47)41-39(35-21-25-49-26-22-35)44-42(40(43(41)53-45)36-23-27-50-28-24-36)38(34-48)46(54-44)52(31-19-15-11-7-3)32-20-16-12-8-4/h21-28H,5-20,29-32H2,1-4H3. The summed E-state index contributed by atoms with van der Waals surface area (Å²) in [5.41, 5.74) is 5.47. The fourth-order valence-corrected chi connectivity index (χ4v) is 7.68. The minimum atomic E-state index is 0.507. The van der Waals surface area contributed by atoms with Crippen LogP contribution in [-0.2, 0) is 0 Å². The van der Waals surface area contributed by atoms with E-state index >= 15 is 0 Å². The zero-order valence-electron chi connectivity index (χ0n) is 33.3. The Morgan fingerprint density at radius 1 is 0.481 bits per heavy atom. The van der Waals surface area contributed by atoms with Gasteiger partial charge in [-0.15, -0.1) is 0 Å². The van der Waals surface area contributed by atoms with E-state index in [4.69, 9.17) is 8.83 Å². The third-order valence-corrected chi connectivity index (χ3v) is 10.6. The summed E-state index contributed by atoms with van der Waals surface area (Å²) in [5.74, 6) is 1.21. The van der Waals surface area contributed by atoms with Gasteiger partial charge in [0, 0.05) is 62.1 Å². The maximum absolute atomic E-state index is 11.1. The van der Waals surface area contributed by atoms with E-state index in [0.29, 0.717) is 44.8 Å². The summed E-state index contributed by atoms with van der Waals surface area (Å²) in [7, 11) is 0. The second-order valence-electron chi connectivity index (χ2n) is 14.6. The lowest BCUT2D eigenvalue weighted by Crippen LogP contribution is -2.26. The predicted molar refractivity (Wildman–Crippen MR) is 223 cm³/mol. The van der Waals surface area contributed by atoms with Crippen molar-refractivity contribution < 1.29 is 8.83 Å². The first-order valence-corrected chi connectivity index (χ1v) is 20.8. The number of hydrogen-bond acceptors (Lipinski definition) is 8. The van der Waals surface area contributed by atoms with E-state index < -0.39 is 0 Å². The highest BCUT2D eigenvalue weighted by molar-refractivity contribution is 6.22. The lowest BCUT2D eigenvalue weighted by atomic mass is 9.90. The normalized spacial score (nSPS) is 11.3. The second-order valence-corrected chi connectivity index (χ2v) is 14.6. The molecule has 0 aliphatic heterocycles. The summed E-state index contributed by atoms with van der Waals surface area (Å²) in [5, 5.41) is 23.6. The zero-order chi connectivity index (χ0) is 38.1. The minimum absolute atomic E-state index is 0.507. The van der Waals surface area contributed by atoms with E-state index in [-0.39, 0.29) is 0 Å². The number of aromatic nitrogens is 2. The molecule has 286 valence electrons. The van der Waals surface area contributed by atoms with Gasteiger partial charge in [-0.05, 0) is 61.1 Å². The largest absolute Gasteiger partial charge is 0.438 e. The van der Waals surface area contributed by atoms with Crippen LogP contribution in [0.3, 0.4) is 0 Å². The second kappa shape index (κ2) is 21.2. The maximum atomic E-state index is 11.1. The molecule has 0 aliphatic rings. The summed E-state index contributed by atoms with van der Waals surface area (Å²) in [6, 6.07) is 13.1. The molecular weight excluding hydrogens is 669 g/mol. The zero-order valence-corrected chi connectivity index (χ0v) is 33.3. The number of rotatable bonds is 24. The molecule has 5 aromatic rings. The Balaban J connectivity index is 1.83. The predicted octanol–water partition coefficient (Wildman–Crippen LogP) is 13.0. The van der Waals surface area contributed by atoms with Gasteiger partial charge in [0.1, 0.15) is 34.4 Å². The first-order valence-electron chi connectivity index (χ1n) is 20.8. The molecule has 0 aliphatic carbocycles. The fraction of sp³-hybridized carbons (Fsp3) is 0.522. The van der Waals surface area contributed by atoms with Crippen LogP contribution in [0, 0.1) is 22.7 Å². The molecule has 4 heterocycles. The van der Waals surface area contributed by atoms with Gasteiger partial charge in [-0.3, -0.25) is 9.97 Å². The minimum Gasteiger partial charge on any atom is -0.438 e. The first kappa shape index (κ1) is 40.4. The quantitative estimate of drug-likeness (QED) is 0.0578. The Morgan fingerprint density at radius 3 is 1.07 bits per heavy atom. The van der Waals surface area contributed by atoms with Gasteiger partial charge in [0.15, 0.2) is 0 Å². The molecule has 4 aromatic heterocycles. The van der Waals surface area contributed by atoms with Crippen molar-refractivity contribution in [3.05, 3.63) is 60.2 Å². The molecule has 0 radical (unpaired) electrons. The van der Waals surface area contributed by atoms with Crippen LogP contribution in [-0.4, -0.2) is 36.1 Å². The average molecular weight is 729 g/mol. The summed E-state index contributed by atoms with van der Waals surface area (Å²) in [4.78, 5) is 13.3. The van der Waals surface area contributed by atoms with Gasteiger partial charge >= 0.3 is 0 Å². The number of furan rings is 2. The number of fused-ring (bicyclic) bond motifs is 2. The Hall–Kier alpha value is -4.82. The number of anilines is 2. The third kappa shape index (κ3) is 9.45. The van der Waals surface area contributed by atoms with Crippen molar-refractivity contribution in [3.8, 4) is 34.4 Å². The Morgan fingerprint density at radius 2 is 0.796 bits per heavy atom. The van der Waals surface area contributed by atoms with Crippen LogP contribution in [0.15, 0.2) is 57.9 Å². The van der Waals surface area contributed by atoms with Crippen LogP contribution < -0.4 is 9.80 Å². The van der Waals surface area contributed by atoms with Gasteiger partial charge in [-0.25, -0.2) is 0 Å². The van der Waals surface area contributed by atoms with E-state index in [2.05, 4.69) is 59.6 Å². The highest BCUT2D eigenvalue weighted by Crippen LogP contribution is 2.52. The summed E-state index contributed by atoms with van der Waals surface area (Å²) in [6.07, 6.45) is 25.0. The number of nitriles is 2. The van der Waals surface area contributed by atoms with Crippen molar-refractivity contribution in [1.82, 2.24) is 9.97 Å². The van der Waals surface area contributed by atoms with Gasteiger partial charge in [0.2, 0.25) is 11.8 Å². The number of pyridine rings is 2. The molecule has 0 saturated heterocycles. The van der Waals surface area contributed by atoms with Crippen LogP contribution in [0.2, 0.25) is 0 Å². The Kier molecular flexibility index (Phi) is 15.8. The number of unbranched alkanes of at least 4 members (excludes halogenated alkanes) is 12. The number of benzene rings is 1. The molecular formula is C46H60N6O2. The van der Waals surface area contributed by atoms with Gasteiger partial charge in [0.05, 0.1) is 10.8 Å². The van der Waals surface area contributed by atoms with E-state index in [9.17, 15) is 10.5 Å². The van der Waals surface area contributed by atoms with Crippen LogP contribution in [0.5, 0.6) is 0 Å². The van der Waals surface area contributed by atoms with Gasteiger partial charge < -0.3 is 18.6 Å². The molecule has 0 amide bonds. The van der Waals surface area contributed by atoms with Gasteiger partial charge in [-0.1, -0.05) is 105 Å². The van der Waals surface area contributed by atoms with Crippen LogP contribution in [0.1, 0.15) is 142 Å². The van der Waals surface area contributed by atoms with E-state index in [1.54, 1.807) is 24.8 Å². The lowest BCUT2D eigenvalue weighted by molar-refractivity contribution is 0.544. The lowest BCUT2D eigenvalue weighted by Gasteiger charge is -2.22. The van der Waals surface area contributed by atoms with E-state index in [1.807, 2.05) is 24.3 Å². The topological polar surface area (TPSA) is 106 Å². The molecule has 0 saturated carbocycles. The first-order chi connectivity index (χ1) is 26.6. The highest BCUT2D eigenvalue weighted by Gasteiger charge is 2.33. The van der Waals surface area contributed by atoms with Crippen molar-refractivity contribution in [2.75, 3.05) is 36.0 Å². The van der Waals surface area contributed by atoms with Crippen molar-refractivity contribution in [2.45, 2.75) is 130 Å². The van der Waals surface area contributed by atoms with Crippen molar-refractivity contribution in [1.29, 1.82) is 10.5 Å². The molecule has 0 bridgehead atoms. The van der Waals surface area contributed by atoms with Crippen LogP contribution in [0.4, 0.5) is 11.8 Å².